The quantitative estimate of drug-likeness (QED) is 0.721. The summed E-state index contributed by atoms with van der Waals surface area (Å²) >= 11 is 0. The number of rotatable bonds is 3. The number of piperidine rings is 3. The molecule has 3 atom stereocenters. The highest BCUT2D eigenvalue weighted by Crippen LogP contribution is 2.17. The molecule has 180 valence electrons. The van der Waals surface area contributed by atoms with Gasteiger partial charge in [0, 0.05) is 49.8 Å². The van der Waals surface area contributed by atoms with Crippen molar-refractivity contribution < 1.29 is 0 Å². The van der Waals surface area contributed by atoms with Crippen LogP contribution in [0.4, 0.5) is 0 Å². The van der Waals surface area contributed by atoms with E-state index in [-0.39, 0.29) is 0 Å². The van der Waals surface area contributed by atoms with Crippen LogP contribution in [-0.2, 0) is 0 Å². The van der Waals surface area contributed by atoms with Crippen molar-refractivity contribution in [1.82, 2.24) is 14.7 Å². The smallest absolute Gasteiger partial charge is 0.0168 e. The lowest BCUT2D eigenvalue weighted by Crippen LogP contribution is -2.45. The summed E-state index contributed by atoms with van der Waals surface area (Å²) in [5.41, 5.74) is 11.6. The summed E-state index contributed by atoms with van der Waals surface area (Å²) in [5.74, 6) is 0.927. The Morgan fingerprint density at radius 3 is 1.13 bits per heavy atom. The fourth-order valence-corrected chi connectivity index (χ4v) is 4.71. The molecule has 0 saturated carbocycles. The molecule has 3 heterocycles. The Bertz CT molecular complexity index is 364. The van der Waals surface area contributed by atoms with Crippen molar-refractivity contribution in [2.75, 3.05) is 39.3 Å². The second-order valence-corrected chi connectivity index (χ2v) is 10.8. The summed E-state index contributed by atoms with van der Waals surface area (Å²) < 4.78 is 0. The lowest BCUT2D eigenvalue weighted by Gasteiger charge is -2.33. The second-order valence-electron chi connectivity index (χ2n) is 10.8. The molecule has 3 aliphatic heterocycles. The standard InChI is InChI=1S/C9H19N.2C8H18N2/c1-8(2)10-6-4-5-9(3)7-10;2*1-7(2)10-5-3-4-8(9)6-10/h8-9H,4-7H2,1-3H3;2*7-8H,3-6,9H2,1-2H3/t9-;8-;/m01./s1. The Hall–Kier alpha value is -0.200. The molecule has 3 fully saturated rings. The van der Waals surface area contributed by atoms with Crippen LogP contribution in [0.1, 0.15) is 87.0 Å². The summed E-state index contributed by atoms with van der Waals surface area (Å²) in [4.78, 5) is 7.48. The molecule has 1 unspecified atom stereocenters. The fraction of sp³-hybridized carbons (Fsp3) is 1.00. The first kappa shape index (κ1) is 27.8. The van der Waals surface area contributed by atoms with E-state index in [1.807, 2.05) is 0 Å². The van der Waals surface area contributed by atoms with E-state index in [4.69, 9.17) is 11.5 Å². The molecule has 5 heteroatoms. The van der Waals surface area contributed by atoms with Gasteiger partial charge in [-0.05, 0) is 106 Å². The van der Waals surface area contributed by atoms with Crippen LogP contribution in [0, 0.1) is 5.92 Å². The molecule has 0 spiro atoms. The van der Waals surface area contributed by atoms with Gasteiger partial charge in [-0.25, -0.2) is 0 Å². The third-order valence-corrected chi connectivity index (χ3v) is 6.86. The molecule has 3 aliphatic rings. The van der Waals surface area contributed by atoms with Gasteiger partial charge in [0.2, 0.25) is 0 Å². The molecule has 0 aromatic rings. The minimum atomic E-state index is 0.427. The van der Waals surface area contributed by atoms with E-state index in [0.29, 0.717) is 24.2 Å². The van der Waals surface area contributed by atoms with E-state index >= 15 is 0 Å². The minimum absolute atomic E-state index is 0.427. The van der Waals surface area contributed by atoms with E-state index in [9.17, 15) is 0 Å². The van der Waals surface area contributed by atoms with Crippen molar-refractivity contribution in [3.8, 4) is 0 Å². The van der Waals surface area contributed by atoms with Gasteiger partial charge < -0.3 is 16.4 Å². The average molecular weight is 426 g/mol. The summed E-state index contributed by atoms with van der Waals surface area (Å²) in [6.07, 6.45) is 7.81. The molecule has 0 aromatic heterocycles. The van der Waals surface area contributed by atoms with Gasteiger partial charge in [-0.15, -0.1) is 0 Å². The van der Waals surface area contributed by atoms with Gasteiger partial charge in [-0.2, -0.15) is 0 Å². The molecule has 0 radical (unpaired) electrons. The number of hydrogen-bond acceptors (Lipinski definition) is 5. The second kappa shape index (κ2) is 14.8. The predicted octanol–water partition coefficient (Wildman–Crippen LogP) is 3.76. The number of hydrogen-bond donors (Lipinski definition) is 2. The van der Waals surface area contributed by atoms with Crippen molar-refractivity contribution in [2.45, 2.75) is 117 Å². The van der Waals surface area contributed by atoms with Crippen molar-refractivity contribution in [3.05, 3.63) is 0 Å². The van der Waals surface area contributed by atoms with Crippen LogP contribution in [0.2, 0.25) is 0 Å². The maximum atomic E-state index is 5.82. The Morgan fingerprint density at radius 2 is 0.900 bits per heavy atom. The molecule has 0 amide bonds. The molecule has 30 heavy (non-hydrogen) atoms. The van der Waals surface area contributed by atoms with Gasteiger partial charge >= 0.3 is 0 Å². The molecular formula is C25H55N5. The molecule has 0 aliphatic carbocycles. The first-order valence-electron chi connectivity index (χ1n) is 12.8. The normalized spacial score (nSPS) is 29.4. The highest BCUT2D eigenvalue weighted by atomic mass is 15.2. The number of likely N-dealkylation sites (tertiary alicyclic amines) is 3. The van der Waals surface area contributed by atoms with Crippen LogP contribution < -0.4 is 11.5 Å². The van der Waals surface area contributed by atoms with Crippen LogP contribution >= 0.6 is 0 Å². The highest BCUT2D eigenvalue weighted by Gasteiger charge is 2.19. The van der Waals surface area contributed by atoms with Crippen LogP contribution in [0.25, 0.3) is 0 Å². The van der Waals surface area contributed by atoms with E-state index in [0.717, 1.165) is 25.0 Å². The molecule has 5 nitrogen and oxygen atoms in total. The third kappa shape index (κ3) is 11.4. The van der Waals surface area contributed by atoms with E-state index in [1.165, 1.54) is 64.7 Å². The fourth-order valence-electron chi connectivity index (χ4n) is 4.71. The monoisotopic (exact) mass is 425 g/mol. The Morgan fingerprint density at radius 1 is 0.567 bits per heavy atom. The number of nitrogens with two attached hydrogens (primary N) is 2. The third-order valence-electron chi connectivity index (χ3n) is 6.86. The first-order chi connectivity index (χ1) is 14.1. The van der Waals surface area contributed by atoms with Crippen LogP contribution in [0.3, 0.4) is 0 Å². The molecule has 3 rings (SSSR count). The summed E-state index contributed by atoms with van der Waals surface area (Å²) in [5, 5.41) is 0. The Balaban J connectivity index is 0.000000225. The van der Waals surface area contributed by atoms with Gasteiger partial charge in [0.05, 0.1) is 0 Å². The van der Waals surface area contributed by atoms with Crippen LogP contribution in [0.5, 0.6) is 0 Å². The van der Waals surface area contributed by atoms with E-state index in [2.05, 4.69) is 63.2 Å². The Kier molecular flexibility index (Phi) is 13.7. The van der Waals surface area contributed by atoms with Gasteiger partial charge in [-0.1, -0.05) is 6.92 Å². The average Bonchev–Trinajstić information content (AvgIpc) is 2.69. The van der Waals surface area contributed by atoms with Gasteiger partial charge in [-0.3, -0.25) is 9.80 Å². The van der Waals surface area contributed by atoms with E-state index < -0.39 is 0 Å². The largest absolute Gasteiger partial charge is 0.327 e. The van der Waals surface area contributed by atoms with Crippen LogP contribution in [0.15, 0.2) is 0 Å². The molecule has 0 bridgehead atoms. The first-order valence-corrected chi connectivity index (χ1v) is 12.8. The zero-order valence-electron chi connectivity index (χ0n) is 21.4. The summed E-state index contributed by atoms with van der Waals surface area (Å²) in [7, 11) is 0. The molecule has 4 N–H and O–H groups in total. The predicted molar refractivity (Wildman–Crippen MR) is 133 cm³/mol. The van der Waals surface area contributed by atoms with Gasteiger partial charge in [0.1, 0.15) is 0 Å². The van der Waals surface area contributed by atoms with Crippen molar-refractivity contribution in [2.24, 2.45) is 17.4 Å². The maximum absolute atomic E-state index is 5.82. The van der Waals surface area contributed by atoms with Gasteiger partial charge in [0.15, 0.2) is 0 Å². The molecule has 0 aromatic carbocycles. The highest BCUT2D eigenvalue weighted by molar-refractivity contribution is 4.77. The maximum Gasteiger partial charge on any atom is 0.0168 e. The topological polar surface area (TPSA) is 61.8 Å². The minimum Gasteiger partial charge on any atom is -0.327 e. The zero-order valence-corrected chi connectivity index (χ0v) is 21.4. The summed E-state index contributed by atoms with van der Waals surface area (Å²) in [6, 6.07) is 2.95. The lowest BCUT2D eigenvalue weighted by molar-refractivity contribution is 0.147. The summed E-state index contributed by atoms with van der Waals surface area (Å²) in [6.45, 7) is 23.2. The molecular weight excluding hydrogens is 370 g/mol. The Labute approximate surface area is 188 Å². The lowest BCUT2D eigenvalue weighted by atomic mass is 9.99. The van der Waals surface area contributed by atoms with E-state index in [1.54, 1.807) is 0 Å². The SMILES string of the molecule is CC(C)N1CCCC(N)C1.CC(C)N1CCC[C@@H](N)C1.CC(C)N1CCC[C@H](C)C1. The van der Waals surface area contributed by atoms with Crippen LogP contribution in [-0.4, -0.2) is 84.2 Å². The van der Waals surface area contributed by atoms with Gasteiger partial charge in [0.25, 0.3) is 0 Å². The molecule has 3 saturated heterocycles. The van der Waals surface area contributed by atoms with Crippen molar-refractivity contribution >= 4 is 0 Å². The van der Waals surface area contributed by atoms with Crippen molar-refractivity contribution in [3.63, 3.8) is 0 Å². The van der Waals surface area contributed by atoms with Crippen molar-refractivity contribution in [1.29, 1.82) is 0 Å². The number of nitrogens with zero attached hydrogens (tertiary/aromatic N) is 3. The zero-order chi connectivity index (χ0) is 22.7.